The molecule has 1 N–H and O–H groups in total. The predicted molar refractivity (Wildman–Crippen MR) is 57.3 cm³/mol. The van der Waals surface area contributed by atoms with Crippen LogP contribution < -0.4 is 5.32 Å². The Bertz CT molecular complexity index is 296. The third-order valence-corrected chi connectivity index (χ3v) is 2.91. The summed E-state index contributed by atoms with van der Waals surface area (Å²) >= 11 is 0. The molecule has 0 amide bonds. The number of nitrogens with zero attached hydrogens (tertiary/aromatic N) is 2. The third kappa shape index (κ3) is 2.97. The molecule has 1 aliphatic rings. The zero-order chi connectivity index (χ0) is 10.6. The number of rotatable bonds is 3. The summed E-state index contributed by atoms with van der Waals surface area (Å²) in [5.74, 6) is 0. The molecule has 15 heavy (non-hydrogen) atoms. The maximum atomic E-state index is 5.35. The Morgan fingerprint density at radius 2 is 2.20 bits per heavy atom. The van der Waals surface area contributed by atoms with Crippen LogP contribution in [0.25, 0.3) is 0 Å². The van der Waals surface area contributed by atoms with Crippen molar-refractivity contribution in [3.05, 3.63) is 24.3 Å². The van der Waals surface area contributed by atoms with E-state index in [1.54, 1.807) is 18.6 Å². The van der Waals surface area contributed by atoms with Crippen LogP contribution in [0.2, 0.25) is 0 Å². The summed E-state index contributed by atoms with van der Waals surface area (Å²) in [5.41, 5.74) is 1.18. The van der Waals surface area contributed by atoms with Crippen molar-refractivity contribution in [2.24, 2.45) is 0 Å². The van der Waals surface area contributed by atoms with Crippen LogP contribution in [0.15, 0.2) is 18.6 Å². The average molecular weight is 207 g/mol. The summed E-state index contributed by atoms with van der Waals surface area (Å²) in [4.78, 5) is 8.28. The smallest absolute Gasteiger partial charge is 0.0724 e. The Labute approximate surface area is 90.1 Å². The molecule has 4 heteroatoms. The van der Waals surface area contributed by atoms with Gasteiger partial charge in [0.2, 0.25) is 0 Å². The van der Waals surface area contributed by atoms with Crippen LogP contribution in [-0.4, -0.2) is 28.7 Å². The molecule has 0 unspecified atom stereocenters. The van der Waals surface area contributed by atoms with Gasteiger partial charge in [0.25, 0.3) is 0 Å². The fourth-order valence-electron chi connectivity index (χ4n) is 1.72. The van der Waals surface area contributed by atoms with Gasteiger partial charge in [0.1, 0.15) is 0 Å². The van der Waals surface area contributed by atoms with E-state index >= 15 is 0 Å². The molecule has 1 aromatic rings. The summed E-state index contributed by atoms with van der Waals surface area (Å²) in [7, 11) is 0. The highest BCUT2D eigenvalue weighted by Gasteiger charge is 2.26. The van der Waals surface area contributed by atoms with Crippen LogP contribution in [0, 0.1) is 0 Å². The van der Waals surface area contributed by atoms with Crippen molar-refractivity contribution in [3.8, 4) is 0 Å². The van der Waals surface area contributed by atoms with Crippen molar-refractivity contribution in [1.82, 2.24) is 15.3 Å². The Balaban J connectivity index is 1.87. The minimum atomic E-state index is 0.190. The summed E-state index contributed by atoms with van der Waals surface area (Å²) in [6.45, 7) is 4.73. The standard InChI is InChI=1S/C11H17N3O/c1-11(2-6-15-7-3-11)14-9-10-8-12-4-5-13-10/h4-5,8,14H,2-3,6-7,9H2,1H3. The monoisotopic (exact) mass is 207 g/mol. The maximum Gasteiger partial charge on any atom is 0.0724 e. The molecule has 82 valence electrons. The van der Waals surface area contributed by atoms with Crippen molar-refractivity contribution >= 4 is 0 Å². The zero-order valence-electron chi connectivity index (χ0n) is 9.07. The van der Waals surface area contributed by atoms with E-state index in [1.807, 2.05) is 0 Å². The number of ether oxygens (including phenoxy) is 1. The largest absolute Gasteiger partial charge is 0.381 e. The molecule has 0 bridgehead atoms. The second-order valence-corrected chi connectivity index (χ2v) is 4.22. The van der Waals surface area contributed by atoms with Gasteiger partial charge >= 0.3 is 0 Å². The molecule has 0 aromatic carbocycles. The van der Waals surface area contributed by atoms with Crippen molar-refractivity contribution in [2.45, 2.75) is 31.8 Å². The fourth-order valence-corrected chi connectivity index (χ4v) is 1.72. The van der Waals surface area contributed by atoms with Gasteiger partial charge in [-0.15, -0.1) is 0 Å². The molecular weight excluding hydrogens is 190 g/mol. The van der Waals surface area contributed by atoms with E-state index in [4.69, 9.17) is 4.74 Å². The van der Waals surface area contributed by atoms with Gasteiger partial charge in [-0.3, -0.25) is 9.97 Å². The highest BCUT2D eigenvalue weighted by Crippen LogP contribution is 2.19. The van der Waals surface area contributed by atoms with Gasteiger partial charge in [-0.2, -0.15) is 0 Å². The van der Waals surface area contributed by atoms with E-state index in [9.17, 15) is 0 Å². The lowest BCUT2D eigenvalue weighted by Crippen LogP contribution is -2.46. The van der Waals surface area contributed by atoms with Gasteiger partial charge in [0, 0.05) is 43.9 Å². The minimum absolute atomic E-state index is 0.190. The number of nitrogens with one attached hydrogen (secondary N) is 1. The average Bonchev–Trinajstić information content (AvgIpc) is 2.29. The van der Waals surface area contributed by atoms with Crippen LogP contribution in [-0.2, 0) is 11.3 Å². The molecule has 1 saturated heterocycles. The van der Waals surface area contributed by atoms with Crippen molar-refractivity contribution in [3.63, 3.8) is 0 Å². The zero-order valence-corrected chi connectivity index (χ0v) is 9.07. The molecule has 0 spiro atoms. The molecule has 1 fully saturated rings. The van der Waals surface area contributed by atoms with Gasteiger partial charge in [-0.1, -0.05) is 0 Å². The van der Waals surface area contributed by atoms with E-state index in [2.05, 4.69) is 22.2 Å². The van der Waals surface area contributed by atoms with E-state index < -0.39 is 0 Å². The minimum Gasteiger partial charge on any atom is -0.381 e. The van der Waals surface area contributed by atoms with E-state index in [0.717, 1.165) is 38.3 Å². The SMILES string of the molecule is CC1(NCc2cnccn2)CCOCC1. The van der Waals surface area contributed by atoms with Gasteiger partial charge in [-0.05, 0) is 19.8 Å². The molecule has 2 heterocycles. The fraction of sp³-hybridized carbons (Fsp3) is 0.636. The van der Waals surface area contributed by atoms with Crippen LogP contribution in [0.3, 0.4) is 0 Å². The second-order valence-electron chi connectivity index (χ2n) is 4.22. The van der Waals surface area contributed by atoms with Gasteiger partial charge in [0.15, 0.2) is 0 Å². The first-order valence-corrected chi connectivity index (χ1v) is 5.36. The van der Waals surface area contributed by atoms with Crippen LogP contribution in [0.1, 0.15) is 25.5 Å². The van der Waals surface area contributed by atoms with E-state index in [1.165, 1.54) is 0 Å². The van der Waals surface area contributed by atoms with Crippen molar-refractivity contribution in [1.29, 1.82) is 0 Å². The van der Waals surface area contributed by atoms with E-state index in [0.29, 0.717) is 0 Å². The highest BCUT2D eigenvalue weighted by atomic mass is 16.5. The number of aromatic nitrogens is 2. The lowest BCUT2D eigenvalue weighted by molar-refractivity contribution is 0.0445. The van der Waals surface area contributed by atoms with Gasteiger partial charge in [-0.25, -0.2) is 0 Å². The van der Waals surface area contributed by atoms with Crippen LogP contribution >= 0.6 is 0 Å². The highest BCUT2D eigenvalue weighted by molar-refractivity contribution is 4.96. The number of hydrogen-bond donors (Lipinski definition) is 1. The predicted octanol–water partition coefficient (Wildman–Crippen LogP) is 1.14. The Hall–Kier alpha value is -1.00. The molecule has 0 aliphatic carbocycles. The lowest BCUT2D eigenvalue weighted by Gasteiger charge is -2.34. The van der Waals surface area contributed by atoms with Crippen LogP contribution in [0.5, 0.6) is 0 Å². The quantitative estimate of drug-likeness (QED) is 0.807. The second kappa shape index (κ2) is 4.68. The summed E-state index contributed by atoms with van der Waals surface area (Å²) in [5, 5.41) is 3.53. The Morgan fingerprint density at radius 1 is 1.40 bits per heavy atom. The number of hydrogen-bond acceptors (Lipinski definition) is 4. The summed E-state index contributed by atoms with van der Waals surface area (Å²) in [6.07, 6.45) is 7.35. The van der Waals surface area contributed by atoms with Crippen molar-refractivity contribution in [2.75, 3.05) is 13.2 Å². The van der Waals surface area contributed by atoms with Gasteiger partial charge < -0.3 is 10.1 Å². The topological polar surface area (TPSA) is 47.0 Å². The molecule has 4 nitrogen and oxygen atoms in total. The first-order valence-electron chi connectivity index (χ1n) is 5.36. The van der Waals surface area contributed by atoms with Crippen molar-refractivity contribution < 1.29 is 4.74 Å². The third-order valence-electron chi connectivity index (χ3n) is 2.91. The summed E-state index contributed by atoms with van der Waals surface area (Å²) < 4.78 is 5.35. The lowest BCUT2D eigenvalue weighted by atomic mass is 9.92. The first-order chi connectivity index (χ1) is 7.29. The molecule has 2 rings (SSSR count). The first kappa shape index (κ1) is 10.5. The maximum absolute atomic E-state index is 5.35. The molecule has 1 aromatic heterocycles. The Morgan fingerprint density at radius 3 is 2.87 bits per heavy atom. The molecule has 0 radical (unpaired) electrons. The molecule has 0 atom stereocenters. The normalized spacial score (nSPS) is 20.1. The molecule has 1 aliphatic heterocycles. The van der Waals surface area contributed by atoms with E-state index in [-0.39, 0.29) is 5.54 Å². The molecular formula is C11H17N3O. The molecule has 0 saturated carbocycles. The van der Waals surface area contributed by atoms with Crippen LogP contribution in [0.4, 0.5) is 0 Å². The summed E-state index contributed by atoms with van der Waals surface area (Å²) in [6, 6.07) is 0. The van der Waals surface area contributed by atoms with Gasteiger partial charge in [0.05, 0.1) is 5.69 Å². The Kier molecular flexibility index (Phi) is 3.28.